The van der Waals surface area contributed by atoms with Crippen molar-refractivity contribution in [1.82, 2.24) is 30.3 Å². The lowest BCUT2D eigenvalue weighted by Gasteiger charge is -2.53. The molecule has 13 nitrogen and oxygen atoms in total. The van der Waals surface area contributed by atoms with E-state index in [2.05, 4.69) is 44.1 Å². The summed E-state index contributed by atoms with van der Waals surface area (Å²) in [5, 5.41) is 28.3. The molecule has 2 saturated heterocycles. The third-order valence-electron chi connectivity index (χ3n) is 8.82. The molecule has 14 heteroatoms. The van der Waals surface area contributed by atoms with Gasteiger partial charge in [0.25, 0.3) is 18.3 Å². The minimum absolute atomic E-state index is 0.0488. The number of aromatic nitrogens is 3. The number of ether oxygens (including phenoxy) is 2. The lowest BCUT2D eigenvalue weighted by molar-refractivity contribution is -0.122. The number of carbonyl (C=O) groups is 2. The summed E-state index contributed by atoms with van der Waals surface area (Å²) in [5.74, 6) is 0.746. The van der Waals surface area contributed by atoms with Gasteiger partial charge in [0, 0.05) is 63.9 Å². The van der Waals surface area contributed by atoms with Gasteiger partial charge in [-0.15, -0.1) is 10.2 Å². The molecule has 0 bridgehead atoms. The Kier molecular flexibility index (Phi) is 14.7. The first-order chi connectivity index (χ1) is 22.5. The minimum Gasteiger partial charge on any atom is -0.483 e. The second-order valence-corrected chi connectivity index (χ2v) is 13.0. The zero-order chi connectivity index (χ0) is 34.6. The van der Waals surface area contributed by atoms with Crippen molar-refractivity contribution in [3.8, 4) is 11.6 Å². The van der Waals surface area contributed by atoms with Crippen LogP contribution in [0.15, 0.2) is 24.5 Å². The van der Waals surface area contributed by atoms with Gasteiger partial charge in [0.15, 0.2) is 5.82 Å². The van der Waals surface area contributed by atoms with Gasteiger partial charge in [-0.25, -0.2) is 9.37 Å². The smallest absolute Gasteiger partial charge is 0.290 e. The van der Waals surface area contributed by atoms with Crippen LogP contribution in [0.2, 0.25) is 0 Å². The SMILES string of the molecule is CCN(C(=O)c1cc(F)ccc1Oc1nncnc1N1CCC2(C1)CN([C@H](CCCNC[C@@H](O)COC)C(C)C)C2)C(C)C.O=CO. The number of nitrogens with zero attached hydrogens (tertiary/aromatic N) is 6. The predicted molar refractivity (Wildman–Crippen MR) is 176 cm³/mol. The maximum absolute atomic E-state index is 14.3. The number of benzene rings is 1. The van der Waals surface area contributed by atoms with E-state index in [9.17, 15) is 14.3 Å². The van der Waals surface area contributed by atoms with E-state index in [1.165, 1.54) is 24.5 Å². The molecular formula is C33H52FN7O6. The van der Waals surface area contributed by atoms with Gasteiger partial charge in [0.1, 0.15) is 17.9 Å². The lowest BCUT2D eigenvalue weighted by Crippen LogP contribution is -2.62. The summed E-state index contributed by atoms with van der Waals surface area (Å²) >= 11 is 0. The van der Waals surface area contributed by atoms with Gasteiger partial charge in [0.05, 0.1) is 18.3 Å². The molecule has 47 heavy (non-hydrogen) atoms. The van der Waals surface area contributed by atoms with Crippen LogP contribution in [0.1, 0.15) is 64.2 Å². The van der Waals surface area contributed by atoms with E-state index < -0.39 is 11.9 Å². The van der Waals surface area contributed by atoms with Gasteiger partial charge in [-0.2, -0.15) is 0 Å². The molecule has 0 saturated carbocycles. The van der Waals surface area contributed by atoms with Gasteiger partial charge < -0.3 is 34.8 Å². The molecule has 1 spiro atoms. The van der Waals surface area contributed by atoms with Crippen molar-refractivity contribution in [1.29, 1.82) is 0 Å². The first-order valence-electron chi connectivity index (χ1n) is 16.4. The van der Waals surface area contributed by atoms with E-state index in [4.69, 9.17) is 19.4 Å². The molecule has 1 aromatic carbocycles. The van der Waals surface area contributed by atoms with Crippen molar-refractivity contribution in [2.75, 3.05) is 64.4 Å². The molecule has 0 radical (unpaired) electrons. The Hall–Kier alpha value is -3.46. The third kappa shape index (κ3) is 10.3. The Morgan fingerprint density at radius 1 is 1.23 bits per heavy atom. The molecule has 1 aromatic heterocycles. The number of hydrogen-bond acceptors (Lipinski definition) is 11. The highest BCUT2D eigenvalue weighted by Gasteiger charge is 2.50. The quantitative estimate of drug-likeness (QED) is 0.179. The van der Waals surface area contributed by atoms with Crippen molar-refractivity contribution in [2.24, 2.45) is 11.3 Å². The van der Waals surface area contributed by atoms with Crippen molar-refractivity contribution < 1.29 is 33.7 Å². The molecular weight excluding hydrogens is 609 g/mol. The second-order valence-electron chi connectivity index (χ2n) is 13.0. The van der Waals surface area contributed by atoms with Crippen LogP contribution in [0.3, 0.4) is 0 Å². The fraction of sp³-hybridized carbons (Fsp3) is 0.667. The Morgan fingerprint density at radius 3 is 2.60 bits per heavy atom. The second kappa shape index (κ2) is 18.2. The number of rotatable bonds is 16. The molecule has 2 fully saturated rings. The monoisotopic (exact) mass is 661 g/mol. The van der Waals surface area contributed by atoms with Gasteiger partial charge in [0.2, 0.25) is 0 Å². The average molecular weight is 662 g/mol. The fourth-order valence-electron chi connectivity index (χ4n) is 6.62. The number of amides is 1. The number of nitrogens with one attached hydrogen (secondary N) is 1. The zero-order valence-corrected chi connectivity index (χ0v) is 28.6. The Balaban J connectivity index is 0.00000192. The van der Waals surface area contributed by atoms with Crippen LogP contribution in [0, 0.1) is 17.2 Å². The van der Waals surface area contributed by atoms with Crippen LogP contribution in [-0.2, 0) is 9.53 Å². The molecule has 2 aromatic rings. The molecule has 2 aliphatic heterocycles. The molecule has 1 amide bonds. The minimum atomic E-state index is -0.508. The highest BCUT2D eigenvalue weighted by atomic mass is 19.1. The number of aliphatic hydroxyl groups excluding tert-OH is 1. The van der Waals surface area contributed by atoms with E-state index in [0.717, 1.165) is 52.0 Å². The van der Waals surface area contributed by atoms with Crippen LogP contribution in [0.5, 0.6) is 11.6 Å². The normalized spacial score (nSPS) is 16.9. The molecule has 2 atom stereocenters. The van der Waals surface area contributed by atoms with Crippen LogP contribution in [0.4, 0.5) is 10.2 Å². The summed E-state index contributed by atoms with van der Waals surface area (Å²) < 4.78 is 25.4. The summed E-state index contributed by atoms with van der Waals surface area (Å²) in [6.45, 7) is 16.0. The maximum atomic E-state index is 14.3. The van der Waals surface area contributed by atoms with Crippen molar-refractivity contribution in [3.05, 3.63) is 35.9 Å². The van der Waals surface area contributed by atoms with Gasteiger partial charge >= 0.3 is 0 Å². The van der Waals surface area contributed by atoms with Gasteiger partial charge in [-0.1, -0.05) is 13.8 Å². The molecule has 3 N–H and O–H groups in total. The van der Waals surface area contributed by atoms with E-state index in [-0.39, 0.29) is 41.0 Å². The number of aliphatic hydroxyl groups is 1. The maximum Gasteiger partial charge on any atom is 0.290 e. The number of likely N-dealkylation sites (tertiary alicyclic amines) is 1. The molecule has 3 heterocycles. The van der Waals surface area contributed by atoms with E-state index >= 15 is 0 Å². The summed E-state index contributed by atoms with van der Waals surface area (Å²) in [6.07, 6.45) is 4.12. The molecule has 0 unspecified atom stereocenters. The number of halogens is 1. The van der Waals surface area contributed by atoms with Crippen LogP contribution in [-0.4, -0.2) is 125 Å². The van der Waals surface area contributed by atoms with Crippen molar-refractivity contribution in [3.63, 3.8) is 0 Å². The number of anilines is 1. The highest BCUT2D eigenvalue weighted by Crippen LogP contribution is 2.44. The Labute approximate surface area is 277 Å². The summed E-state index contributed by atoms with van der Waals surface area (Å²) in [6, 6.07) is 4.41. The van der Waals surface area contributed by atoms with E-state index in [0.29, 0.717) is 37.5 Å². The van der Waals surface area contributed by atoms with Crippen molar-refractivity contribution in [2.45, 2.75) is 72.1 Å². The summed E-state index contributed by atoms with van der Waals surface area (Å²) in [7, 11) is 1.60. The number of carboxylic acid groups (broad SMARTS) is 1. The van der Waals surface area contributed by atoms with Crippen LogP contribution in [0.25, 0.3) is 0 Å². The fourth-order valence-corrected chi connectivity index (χ4v) is 6.62. The van der Waals surface area contributed by atoms with Gasteiger partial charge in [-0.3, -0.25) is 14.5 Å². The highest BCUT2D eigenvalue weighted by molar-refractivity contribution is 5.97. The topological polar surface area (TPSA) is 153 Å². The average Bonchev–Trinajstić information content (AvgIpc) is 3.46. The lowest BCUT2D eigenvalue weighted by atomic mass is 9.76. The van der Waals surface area contributed by atoms with E-state index in [1.54, 1.807) is 12.0 Å². The van der Waals surface area contributed by atoms with Crippen molar-refractivity contribution >= 4 is 18.2 Å². The Bertz CT molecular complexity index is 1280. The van der Waals surface area contributed by atoms with Crippen LogP contribution < -0.4 is 15.0 Å². The molecule has 262 valence electrons. The van der Waals surface area contributed by atoms with E-state index in [1.807, 2.05) is 20.8 Å². The van der Waals surface area contributed by atoms with Gasteiger partial charge in [-0.05, 0) is 70.7 Å². The first kappa shape index (κ1) is 38.0. The summed E-state index contributed by atoms with van der Waals surface area (Å²) in [4.78, 5) is 32.7. The molecule has 2 aliphatic rings. The zero-order valence-electron chi connectivity index (χ0n) is 28.6. The number of methoxy groups -OCH3 is 1. The first-order valence-corrected chi connectivity index (χ1v) is 16.4. The number of hydrogen-bond donors (Lipinski definition) is 3. The standard InChI is InChI=1S/C32H50FN7O4.CH2O2/c1-7-40(23(4)5)31(42)26-15-24(33)10-11-28(26)44-30-29(35-21-36-37-30)38-14-12-32(18-38)19-39(20-32)27(22(2)3)9-8-13-34-16-25(41)17-43-6;2-1-3/h10-11,15,21-23,25,27,34,41H,7-9,12-14,16-20H2,1-6H3;1H,(H,2,3)/t25-,27-;/m1./s1. The molecule has 0 aliphatic carbocycles. The Morgan fingerprint density at radius 2 is 1.96 bits per heavy atom. The molecule has 4 rings (SSSR count). The third-order valence-corrected chi connectivity index (χ3v) is 8.82. The number of carbonyl (C=O) groups excluding carboxylic acids is 1. The summed E-state index contributed by atoms with van der Waals surface area (Å²) in [5.41, 5.74) is 0.319. The predicted octanol–water partition coefficient (Wildman–Crippen LogP) is 3.29. The largest absolute Gasteiger partial charge is 0.483 e. The van der Waals surface area contributed by atoms with Crippen LogP contribution >= 0.6 is 0 Å².